The van der Waals surface area contributed by atoms with Crippen molar-refractivity contribution >= 4 is 0 Å². The van der Waals surface area contributed by atoms with Gasteiger partial charge in [-0.05, 0) is 6.92 Å². The van der Waals surface area contributed by atoms with Gasteiger partial charge in [-0.2, -0.15) is 0 Å². The smallest absolute Gasteiger partial charge is 0.146 e. The van der Waals surface area contributed by atoms with Crippen LogP contribution >= 0.6 is 0 Å². The molecule has 0 rings (SSSR count). The summed E-state index contributed by atoms with van der Waals surface area (Å²) in [6.45, 7) is 0.576. The third-order valence-electron chi connectivity index (χ3n) is 0.447. The monoisotopic (exact) mass is 154 g/mol. The number of aliphatic hydroxyl groups excluding tert-OH is 4. The molecular weight excluding hydrogens is 140 g/mol. The molecule has 0 bridgehead atoms. The highest BCUT2D eigenvalue weighted by atomic mass is 16.6. The van der Waals surface area contributed by atoms with Gasteiger partial charge in [0.1, 0.15) is 13.6 Å². The van der Waals surface area contributed by atoms with Crippen LogP contribution < -0.4 is 0 Å². The minimum atomic E-state index is -0.560. The van der Waals surface area contributed by atoms with Gasteiger partial charge in [0.15, 0.2) is 0 Å². The minimum absolute atomic E-state index is 0.139. The Morgan fingerprint density at radius 3 is 1.50 bits per heavy atom. The van der Waals surface area contributed by atoms with Crippen molar-refractivity contribution in [1.29, 1.82) is 0 Å². The first-order valence-corrected chi connectivity index (χ1v) is 2.77. The normalized spacial score (nSPS) is 11.7. The Hall–Kier alpha value is -0.200. The van der Waals surface area contributed by atoms with E-state index in [0.29, 0.717) is 0 Å². The van der Waals surface area contributed by atoms with E-state index in [2.05, 4.69) is 4.74 Å². The number of rotatable bonds is 3. The van der Waals surface area contributed by atoms with E-state index in [9.17, 15) is 0 Å². The van der Waals surface area contributed by atoms with Gasteiger partial charge >= 0.3 is 0 Å². The molecule has 0 aliphatic heterocycles. The fraction of sp³-hybridized carbons (Fsp3) is 1.00. The lowest BCUT2D eigenvalue weighted by Gasteiger charge is -1.90. The molecule has 1 atom stereocenters. The highest BCUT2D eigenvalue weighted by Crippen LogP contribution is 1.68. The summed E-state index contributed by atoms with van der Waals surface area (Å²) in [5.74, 6) is 0. The molecule has 0 aromatic carbocycles. The molecule has 0 amide bonds. The highest BCUT2D eigenvalue weighted by Gasteiger charge is 1.83. The molecule has 0 saturated carbocycles. The molecule has 4 N–H and O–H groups in total. The summed E-state index contributed by atoms with van der Waals surface area (Å²) in [7, 11) is 0. The third-order valence-corrected chi connectivity index (χ3v) is 0.447. The predicted octanol–water partition coefficient (Wildman–Crippen LogP) is -1.74. The molecule has 0 radical (unpaired) electrons. The van der Waals surface area contributed by atoms with Crippen molar-refractivity contribution in [1.82, 2.24) is 0 Å². The van der Waals surface area contributed by atoms with Crippen LogP contribution in [0, 0.1) is 0 Å². The summed E-state index contributed by atoms with van der Waals surface area (Å²) in [5.41, 5.74) is 0. The van der Waals surface area contributed by atoms with Crippen molar-refractivity contribution in [3.05, 3.63) is 0 Å². The molecule has 5 nitrogen and oxygen atoms in total. The Bertz CT molecular complexity index is 45.3. The molecule has 0 saturated heterocycles. The molecular formula is C5H14O5. The Balaban J connectivity index is 0. The number of hydrogen-bond acceptors (Lipinski definition) is 5. The fourth-order valence-electron chi connectivity index (χ4n) is 0.0408. The zero-order valence-corrected chi connectivity index (χ0v) is 5.90. The summed E-state index contributed by atoms with van der Waals surface area (Å²) >= 11 is 0. The fourth-order valence-corrected chi connectivity index (χ4v) is 0.0408. The summed E-state index contributed by atoms with van der Waals surface area (Å²) < 4.78 is 3.94. The van der Waals surface area contributed by atoms with Gasteiger partial charge in [0.05, 0.1) is 12.7 Å². The first-order chi connectivity index (χ1) is 4.68. The molecule has 1 unspecified atom stereocenters. The number of ether oxygens (including phenoxy) is 1. The minimum Gasteiger partial charge on any atom is -0.394 e. The lowest BCUT2D eigenvalue weighted by molar-refractivity contribution is -0.0763. The molecule has 0 aliphatic rings. The van der Waals surface area contributed by atoms with Gasteiger partial charge in [-0.3, -0.25) is 0 Å². The summed E-state index contributed by atoms with van der Waals surface area (Å²) in [6.07, 6.45) is -0.560. The van der Waals surface area contributed by atoms with Gasteiger partial charge in [-0.15, -0.1) is 0 Å². The van der Waals surface area contributed by atoms with E-state index in [4.69, 9.17) is 20.4 Å². The van der Waals surface area contributed by atoms with E-state index >= 15 is 0 Å². The lowest BCUT2D eigenvalue weighted by Crippen LogP contribution is -2.03. The summed E-state index contributed by atoms with van der Waals surface area (Å²) in [4.78, 5) is 0. The molecule has 0 heterocycles. The van der Waals surface area contributed by atoms with Crippen molar-refractivity contribution in [2.24, 2.45) is 0 Å². The van der Waals surface area contributed by atoms with E-state index in [1.165, 1.54) is 6.92 Å². The van der Waals surface area contributed by atoms with Gasteiger partial charge in [-0.1, -0.05) is 0 Å². The molecule has 5 heteroatoms. The van der Waals surface area contributed by atoms with Crippen LogP contribution in [-0.4, -0.2) is 46.7 Å². The van der Waals surface area contributed by atoms with Gasteiger partial charge in [-0.25, -0.2) is 0 Å². The molecule has 64 valence electrons. The van der Waals surface area contributed by atoms with Crippen LogP contribution in [0.4, 0.5) is 0 Å². The zero-order valence-electron chi connectivity index (χ0n) is 5.90. The Labute approximate surface area is 59.5 Å². The topological polar surface area (TPSA) is 90.2 Å². The van der Waals surface area contributed by atoms with E-state index in [-0.39, 0.29) is 6.61 Å². The van der Waals surface area contributed by atoms with Crippen LogP contribution in [0.15, 0.2) is 0 Å². The van der Waals surface area contributed by atoms with Crippen LogP contribution in [0.25, 0.3) is 0 Å². The van der Waals surface area contributed by atoms with Gasteiger partial charge in [0.2, 0.25) is 0 Å². The zero-order chi connectivity index (χ0) is 8.41. The average Bonchev–Trinajstić information content (AvgIpc) is 1.91. The lowest BCUT2D eigenvalue weighted by atomic mass is 10.5. The molecule has 0 aliphatic carbocycles. The number of aliphatic hydroxyl groups is 4. The van der Waals surface area contributed by atoms with Crippen molar-refractivity contribution in [2.75, 3.05) is 20.2 Å². The van der Waals surface area contributed by atoms with E-state index < -0.39 is 19.7 Å². The Kier molecular flexibility index (Phi) is 14.4. The van der Waals surface area contributed by atoms with Crippen molar-refractivity contribution in [3.8, 4) is 0 Å². The quantitative estimate of drug-likeness (QED) is 0.362. The highest BCUT2D eigenvalue weighted by molar-refractivity contribution is 4.34. The van der Waals surface area contributed by atoms with Gasteiger partial charge in [0, 0.05) is 0 Å². The van der Waals surface area contributed by atoms with E-state index in [1.807, 2.05) is 0 Å². The van der Waals surface area contributed by atoms with Crippen LogP contribution in [0.3, 0.4) is 0 Å². The molecule has 10 heavy (non-hydrogen) atoms. The maximum Gasteiger partial charge on any atom is 0.146 e. The molecule has 0 aromatic heterocycles. The second-order valence-corrected chi connectivity index (χ2v) is 1.49. The maximum atomic E-state index is 8.11. The van der Waals surface area contributed by atoms with Crippen molar-refractivity contribution in [3.63, 3.8) is 0 Å². The average molecular weight is 154 g/mol. The first-order valence-electron chi connectivity index (χ1n) is 2.77. The maximum absolute atomic E-state index is 8.11. The van der Waals surface area contributed by atoms with Crippen LogP contribution in [-0.2, 0) is 4.74 Å². The first kappa shape index (κ1) is 12.5. The Morgan fingerprint density at radius 2 is 1.50 bits per heavy atom. The second kappa shape index (κ2) is 11.6. The molecule has 0 fully saturated rings. The van der Waals surface area contributed by atoms with Crippen molar-refractivity contribution < 1.29 is 25.2 Å². The molecule has 0 aromatic rings. The standard InChI is InChI=1S/C3H8O2.C2H6O3/c1-3(5)2-4;3-1-5-2-4/h3-5H,2H2,1H3;3-4H,1-2H2. The summed E-state index contributed by atoms with van der Waals surface area (Å²) in [6, 6.07) is 0. The SMILES string of the molecule is CC(O)CO.OCOCO. The van der Waals surface area contributed by atoms with Crippen LogP contribution in [0.2, 0.25) is 0 Å². The van der Waals surface area contributed by atoms with E-state index in [1.54, 1.807) is 0 Å². The Morgan fingerprint density at radius 1 is 1.20 bits per heavy atom. The van der Waals surface area contributed by atoms with Gasteiger partial charge in [0.25, 0.3) is 0 Å². The van der Waals surface area contributed by atoms with E-state index in [0.717, 1.165) is 0 Å². The largest absolute Gasteiger partial charge is 0.394 e. The van der Waals surface area contributed by atoms with Crippen LogP contribution in [0.1, 0.15) is 6.92 Å². The number of hydrogen-bond donors (Lipinski definition) is 4. The predicted molar refractivity (Wildman–Crippen MR) is 34.0 cm³/mol. The second-order valence-electron chi connectivity index (χ2n) is 1.49. The van der Waals surface area contributed by atoms with Crippen LogP contribution in [0.5, 0.6) is 0 Å². The van der Waals surface area contributed by atoms with Crippen molar-refractivity contribution in [2.45, 2.75) is 13.0 Å². The molecule has 0 spiro atoms. The third kappa shape index (κ3) is 25.0. The van der Waals surface area contributed by atoms with Gasteiger partial charge < -0.3 is 25.2 Å². The summed E-state index contributed by atoms with van der Waals surface area (Å²) in [5, 5.41) is 31.4.